The number of hydrogen-bond acceptors (Lipinski definition) is 5. The molecule has 3 heterocycles. The normalized spacial score (nSPS) is 20.4. The standard InChI is InChI=1S/C16H20N4O3/c1-20-8-7-17-14(20)13-12(5-9-23-13)15(21)19-10-11-4-3-6-18-16(11)22-2/h3-4,6-8,12-13H,5,9-10H2,1-2H3,(H,19,21)/t12-,13-/m1/s1. The van der Waals surface area contributed by atoms with Crippen molar-refractivity contribution in [2.45, 2.75) is 19.1 Å². The second kappa shape index (κ2) is 6.78. The highest BCUT2D eigenvalue weighted by Gasteiger charge is 2.37. The van der Waals surface area contributed by atoms with Crippen LogP contribution in [0.15, 0.2) is 30.7 Å². The fraction of sp³-hybridized carbons (Fsp3) is 0.438. The summed E-state index contributed by atoms with van der Waals surface area (Å²) in [5.74, 6) is 1.03. The molecule has 0 aromatic carbocycles. The third-order valence-corrected chi connectivity index (χ3v) is 4.04. The molecule has 1 N–H and O–H groups in total. The maximum absolute atomic E-state index is 12.5. The zero-order valence-corrected chi connectivity index (χ0v) is 13.2. The van der Waals surface area contributed by atoms with E-state index in [1.807, 2.05) is 29.9 Å². The Balaban J connectivity index is 1.67. The second-order valence-electron chi connectivity index (χ2n) is 5.47. The van der Waals surface area contributed by atoms with E-state index in [2.05, 4.69) is 15.3 Å². The number of ether oxygens (including phenoxy) is 2. The molecule has 2 aromatic rings. The van der Waals surface area contributed by atoms with Gasteiger partial charge in [0.05, 0.1) is 13.0 Å². The van der Waals surface area contributed by atoms with E-state index in [1.54, 1.807) is 19.5 Å². The number of nitrogens with one attached hydrogen (secondary N) is 1. The molecule has 1 saturated heterocycles. The van der Waals surface area contributed by atoms with Crippen molar-refractivity contribution >= 4 is 5.91 Å². The van der Waals surface area contributed by atoms with Gasteiger partial charge < -0.3 is 19.4 Å². The number of imidazole rings is 1. The van der Waals surface area contributed by atoms with E-state index in [-0.39, 0.29) is 17.9 Å². The molecule has 7 heteroatoms. The molecule has 0 aliphatic carbocycles. The second-order valence-corrected chi connectivity index (χ2v) is 5.47. The molecular formula is C16H20N4O3. The SMILES string of the molecule is COc1ncccc1CNC(=O)[C@@H]1CCO[C@H]1c1nccn1C. The van der Waals surface area contributed by atoms with Crippen LogP contribution in [-0.4, -0.2) is 34.2 Å². The largest absolute Gasteiger partial charge is 0.481 e. The van der Waals surface area contributed by atoms with Crippen molar-refractivity contribution in [1.29, 1.82) is 0 Å². The summed E-state index contributed by atoms with van der Waals surface area (Å²) in [6.07, 6.45) is 5.62. The Hall–Kier alpha value is -2.41. The van der Waals surface area contributed by atoms with Crippen LogP contribution in [-0.2, 0) is 23.1 Å². The number of aryl methyl sites for hydroxylation is 1. The molecule has 2 aromatic heterocycles. The molecule has 0 spiro atoms. The maximum atomic E-state index is 12.5. The van der Waals surface area contributed by atoms with Crippen molar-refractivity contribution < 1.29 is 14.3 Å². The van der Waals surface area contributed by atoms with Gasteiger partial charge in [-0.3, -0.25) is 4.79 Å². The van der Waals surface area contributed by atoms with E-state index in [0.717, 1.165) is 11.4 Å². The lowest BCUT2D eigenvalue weighted by Gasteiger charge is -2.18. The number of methoxy groups -OCH3 is 1. The van der Waals surface area contributed by atoms with E-state index in [9.17, 15) is 4.79 Å². The molecule has 122 valence electrons. The first-order valence-corrected chi connectivity index (χ1v) is 7.55. The van der Waals surface area contributed by atoms with Crippen molar-refractivity contribution in [3.8, 4) is 5.88 Å². The van der Waals surface area contributed by atoms with Gasteiger partial charge in [0.15, 0.2) is 0 Å². The van der Waals surface area contributed by atoms with Crippen LogP contribution in [0.3, 0.4) is 0 Å². The number of nitrogens with zero attached hydrogens (tertiary/aromatic N) is 3. The van der Waals surface area contributed by atoms with Gasteiger partial charge in [0.25, 0.3) is 0 Å². The average Bonchev–Trinajstić information content (AvgIpc) is 3.21. The molecule has 0 unspecified atom stereocenters. The van der Waals surface area contributed by atoms with Gasteiger partial charge in [-0.1, -0.05) is 6.07 Å². The van der Waals surface area contributed by atoms with Gasteiger partial charge >= 0.3 is 0 Å². The summed E-state index contributed by atoms with van der Waals surface area (Å²) >= 11 is 0. The predicted molar refractivity (Wildman–Crippen MR) is 82.6 cm³/mol. The van der Waals surface area contributed by atoms with Crippen LogP contribution < -0.4 is 10.1 Å². The maximum Gasteiger partial charge on any atom is 0.226 e. The smallest absolute Gasteiger partial charge is 0.226 e. The number of rotatable bonds is 5. The average molecular weight is 316 g/mol. The van der Waals surface area contributed by atoms with E-state index in [0.29, 0.717) is 25.5 Å². The third kappa shape index (κ3) is 3.19. The molecule has 1 fully saturated rings. The van der Waals surface area contributed by atoms with Crippen molar-refractivity contribution in [2.75, 3.05) is 13.7 Å². The van der Waals surface area contributed by atoms with E-state index < -0.39 is 0 Å². The minimum atomic E-state index is -0.300. The first-order valence-electron chi connectivity index (χ1n) is 7.55. The quantitative estimate of drug-likeness (QED) is 0.897. The minimum Gasteiger partial charge on any atom is -0.481 e. The lowest BCUT2D eigenvalue weighted by molar-refractivity contribution is -0.127. The summed E-state index contributed by atoms with van der Waals surface area (Å²) in [7, 11) is 3.47. The molecule has 1 aliphatic rings. The fourth-order valence-corrected chi connectivity index (χ4v) is 2.82. The van der Waals surface area contributed by atoms with Crippen LogP contribution in [0.4, 0.5) is 0 Å². The molecule has 0 bridgehead atoms. The van der Waals surface area contributed by atoms with E-state index >= 15 is 0 Å². The van der Waals surface area contributed by atoms with Crippen LogP contribution in [0.25, 0.3) is 0 Å². The lowest BCUT2D eigenvalue weighted by Crippen LogP contribution is -2.32. The topological polar surface area (TPSA) is 78.3 Å². The summed E-state index contributed by atoms with van der Waals surface area (Å²) in [4.78, 5) is 21.0. The molecule has 3 rings (SSSR count). The molecular weight excluding hydrogens is 296 g/mol. The van der Waals surface area contributed by atoms with Crippen LogP contribution >= 0.6 is 0 Å². The first kappa shape index (κ1) is 15.5. The fourth-order valence-electron chi connectivity index (χ4n) is 2.82. The summed E-state index contributed by atoms with van der Waals surface area (Å²) in [6.45, 7) is 0.936. The Morgan fingerprint density at radius 1 is 1.48 bits per heavy atom. The van der Waals surface area contributed by atoms with Gasteiger partial charge in [-0.25, -0.2) is 9.97 Å². The molecule has 23 heavy (non-hydrogen) atoms. The molecule has 2 atom stereocenters. The first-order chi connectivity index (χ1) is 11.2. The Labute approximate surface area is 134 Å². The van der Waals surface area contributed by atoms with Gasteiger partial charge in [0.1, 0.15) is 11.9 Å². The van der Waals surface area contributed by atoms with Crippen molar-refractivity contribution in [1.82, 2.24) is 19.9 Å². The van der Waals surface area contributed by atoms with Gasteiger partial charge in [0.2, 0.25) is 11.8 Å². The van der Waals surface area contributed by atoms with Gasteiger partial charge in [-0.05, 0) is 12.5 Å². The Bertz CT molecular complexity index is 685. The molecule has 0 radical (unpaired) electrons. The molecule has 7 nitrogen and oxygen atoms in total. The molecule has 1 amide bonds. The van der Waals surface area contributed by atoms with Crippen molar-refractivity contribution in [3.05, 3.63) is 42.1 Å². The number of carbonyl (C=O) groups is 1. The Morgan fingerprint density at radius 3 is 3.09 bits per heavy atom. The predicted octanol–water partition coefficient (Wildman–Crippen LogP) is 1.22. The van der Waals surface area contributed by atoms with E-state index in [4.69, 9.17) is 9.47 Å². The van der Waals surface area contributed by atoms with Crippen LogP contribution in [0, 0.1) is 5.92 Å². The minimum absolute atomic E-state index is 0.0404. The third-order valence-electron chi connectivity index (χ3n) is 4.04. The number of aromatic nitrogens is 3. The summed E-state index contributed by atoms with van der Waals surface area (Å²) in [5.41, 5.74) is 0.843. The van der Waals surface area contributed by atoms with Gasteiger partial charge in [-0.15, -0.1) is 0 Å². The zero-order chi connectivity index (χ0) is 16.2. The van der Waals surface area contributed by atoms with Gasteiger partial charge in [0, 0.05) is 44.4 Å². The van der Waals surface area contributed by atoms with Crippen LogP contribution in [0.1, 0.15) is 23.9 Å². The summed E-state index contributed by atoms with van der Waals surface area (Å²) < 4.78 is 12.8. The molecule has 0 saturated carbocycles. The van der Waals surface area contributed by atoms with Crippen molar-refractivity contribution in [2.24, 2.45) is 13.0 Å². The summed E-state index contributed by atoms with van der Waals surface area (Å²) in [5, 5.41) is 2.95. The monoisotopic (exact) mass is 316 g/mol. The van der Waals surface area contributed by atoms with Crippen LogP contribution in [0.5, 0.6) is 5.88 Å². The number of carbonyl (C=O) groups excluding carboxylic acids is 1. The number of hydrogen-bond donors (Lipinski definition) is 1. The highest BCUT2D eigenvalue weighted by molar-refractivity contribution is 5.79. The van der Waals surface area contributed by atoms with E-state index in [1.165, 1.54) is 0 Å². The van der Waals surface area contributed by atoms with Crippen LogP contribution in [0.2, 0.25) is 0 Å². The van der Waals surface area contributed by atoms with Gasteiger partial charge in [-0.2, -0.15) is 0 Å². The Morgan fingerprint density at radius 2 is 2.35 bits per heavy atom. The lowest BCUT2D eigenvalue weighted by atomic mass is 9.99. The zero-order valence-electron chi connectivity index (χ0n) is 13.2. The highest BCUT2D eigenvalue weighted by Crippen LogP contribution is 2.33. The highest BCUT2D eigenvalue weighted by atomic mass is 16.5. The number of pyridine rings is 1. The Kier molecular flexibility index (Phi) is 4.57. The molecule has 1 aliphatic heterocycles. The number of amides is 1. The summed E-state index contributed by atoms with van der Waals surface area (Å²) in [6, 6.07) is 3.70. The van der Waals surface area contributed by atoms with Crippen molar-refractivity contribution in [3.63, 3.8) is 0 Å².